The van der Waals surface area contributed by atoms with Crippen molar-refractivity contribution in [1.29, 1.82) is 0 Å². The lowest BCUT2D eigenvalue weighted by Crippen LogP contribution is -2.53. The van der Waals surface area contributed by atoms with Crippen molar-refractivity contribution in [2.24, 2.45) is 22.7 Å². The second-order valence-corrected chi connectivity index (χ2v) is 9.86. The number of amides is 1. The molecule has 4 nitrogen and oxygen atoms in total. The minimum Gasteiger partial charge on any atom is -0.470 e. The molecule has 1 aromatic heterocycles. The van der Waals surface area contributed by atoms with Gasteiger partial charge in [0.25, 0.3) is 5.91 Å². The van der Waals surface area contributed by atoms with Crippen LogP contribution in [0.2, 0.25) is 0 Å². The fourth-order valence-corrected chi connectivity index (χ4v) is 5.92. The lowest BCUT2D eigenvalue weighted by Gasteiger charge is -2.38. The summed E-state index contributed by atoms with van der Waals surface area (Å²) in [5.41, 5.74) is -0.691. The molecule has 2 heterocycles. The number of ether oxygens (including phenoxy) is 1. The number of carbonyl (C=O) groups excluding carboxylic acids is 1. The van der Waals surface area contributed by atoms with Gasteiger partial charge in [-0.15, -0.1) is 0 Å². The van der Waals surface area contributed by atoms with Gasteiger partial charge >= 0.3 is 0 Å². The molecule has 2 aliphatic carbocycles. The summed E-state index contributed by atoms with van der Waals surface area (Å²) < 4.78 is 5.39. The number of carbonyl (C=O) groups is 1. The molecule has 3 aliphatic rings. The van der Waals surface area contributed by atoms with E-state index < -0.39 is 10.3 Å². The minimum atomic E-state index is -0.711. The van der Waals surface area contributed by atoms with Crippen LogP contribution in [0.3, 0.4) is 0 Å². The van der Waals surface area contributed by atoms with Gasteiger partial charge in [0, 0.05) is 12.3 Å². The molecule has 0 N–H and O–H groups in total. The van der Waals surface area contributed by atoms with Crippen molar-refractivity contribution in [3.8, 4) is 5.88 Å². The summed E-state index contributed by atoms with van der Waals surface area (Å²) in [7, 11) is 0. The zero-order valence-corrected chi connectivity index (χ0v) is 16.0. The first kappa shape index (κ1) is 17.1. The third-order valence-electron chi connectivity index (χ3n) is 6.42. The molecule has 0 spiro atoms. The predicted molar refractivity (Wildman–Crippen MR) is 101 cm³/mol. The molecule has 0 saturated heterocycles. The first-order valence-electron chi connectivity index (χ1n) is 9.28. The van der Waals surface area contributed by atoms with Crippen LogP contribution in [0.4, 0.5) is 0 Å². The summed E-state index contributed by atoms with van der Waals surface area (Å²) >= 11 is 1.61. The minimum absolute atomic E-state index is 0.0726. The Hall–Kier alpha value is -1.36. The third-order valence-corrected chi connectivity index (χ3v) is 7.99. The van der Waals surface area contributed by atoms with E-state index in [1.165, 1.54) is 25.7 Å². The van der Waals surface area contributed by atoms with Gasteiger partial charge < -0.3 is 4.74 Å². The fourth-order valence-electron chi connectivity index (χ4n) is 4.61. The second-order valence-electron chi connectivity index (χ2n) is 8.37. The van der Waals surface area contributed by atoms with E-state index in [0.717, 1.165) is 29.2 Å². The normalized spacial score (nSPS) is 34.4. The van der Waals surface area contributed by atoms with Crippen molar-refractivity contribution in [2.75, 3.05) is 0 Å². The molecule has 2 bridgehead atoms. The summed E-state index contributed by atoms with van der Waals surface area (Å²) in [5, 5.41) is 1.00. The summed E-state index contributed by atoms with van der Waals surface area (Å²) in [6.45, 7) is 5.88. The average molecular weight is 359 g/mol. The fraction of sp³-hybridized carbons (Fsp3) is 0.650. The molecular weight excluding hydrogens is 332 g/mol. The highest BCUT2D eigenvalue weighted by Crippen LogP contribution is 2.52. The lowest BCUT2D eigenvalue weighted by atomic mass is 9.87. The van der Waals surface area contributed by atoms with Crippen molar-refractivity contribution in [1.82, 2.24) is 4.98 Å². The Labute approximate surface area is 153 Å². The van der Waals surface area contributed by atoms with Gasteiger partial charge in [-0.1, -0.05) is 24.2 Å². The van der Waals surface area contributed by atoms with Gasteiger partial charge in [-0.25, -0.2) is 9.98 Å². The Bertz CT molecular complexity index is 703. The smallest absolute Gasteiger partial charge is 0.266 e. The Morgan fingerprint density at radius 2 is 2.16 bits per heavy atom. The van der Waals surface area contributed by atoms with Gasteiger partial charge in [0.2, 0.25) is 5.88 Å². The Kier molecular flexibility index (Phi) is 4.18. The maximum atomic E-state index is 12.8. The van der Waals surface area contributed by atoms with E-state index in [1.807, 2.05) is 39.0 Å². The Morgan fingerprint density at radius 1 is 1.32 bits per heavy atom. The molecule has 2 saturated carbocycles. The van der Waals surface area contributed by atoms with E-state index >= 15 is 0 Å². The number of thioether (sulfide) groups is 1. The van der Waals surface area contributed by atoms with Gasteiger partial charge in [-0.05, 0) is 70.3 Å². The lowest BCUT2D eigenvalue weighted by molar-refractivity contribution is -0.123. The van der Waals surface area contributed by atoms with E-state index in [-0.39, 0.29) is 5.91 Å². The molecule has 1 aliphatic heterocycles. The zero-order valence-electron chi connectivity index (χ0n) is 15.2. The second kappa shape index (κ2) is 6.11. The summed E-state index contributed by atoms with van der Waals surface area (Å²) in [4.78, 5) is 21.4. The molecular formula is C20H26N2O2S. The molecule has 134 valence electrons. The standard InChI is InChI=1S/C20H26N2O2S/c1-19(2,24-16-6-4-5-9-21-16)20(3)18(23)22-17(25-20)12-15-11-13-7-8-14(15)10-13/h4-6,9,13-15H,7-8,10-12H2,1-3H3/t13-,14+,15-,20?/m1/s1. The molecule has 4 atom stereocenters. The van der Waals surface area contributed by atoms with Crippen molar-refractivity contribution >= 4 is 22.7 Å². The molecule has 4 rings (SSSR count). The van der Waals surface area contributed by atoms with E-state index in [9.17, 15) is 4.79 Å². The van der Waals surface area contributed by atoms with Crippen molar-refractivity contribution in [3.05, 3.63) is 24.4 Å². The van der Waals surface area contributed by atoms with Crippen LogP contribution < -0.4 is 4.74 Å². The number of aliphatic imine (C=N–C) groups is 1. The molecule has 5 heteroatoms. The SMILES string of the molecule is CC(C)(Oc1ccccn1)C1(C)SC(C[C@H]2C[C@@H]3CC[C@H]2C3)=NC1=O. The number of hydrogen-bond donors (Lipinski definition) is 0. The maximum absolute atomic E-state index is 12.8. The van der Waals surface area contributed by atoms with Gasteiger partial charge in [-0.2, -0.15) is 0 Å². The predicted octanol–water partition coefficient (Wildman–Crippen LogP) is 4.50. The summed E-state index contributed by atoms with van der Waals surface area (Å²) in [5.74, 6) is 2.97. The zero-order chi connectivity index (χ0) is 17.7. The first-order chi connectivity index (χ1) is 11.9. The third kappa shape index (κ3) is 3.01. The Balaban J connectivity index is 1.46. The molecule has 0 radical (unpaired) electrons. The van der Waals surface area contributed by atoms with E-state index in [1.54, 1.807) is 18.0 Å². The van der Waals surface area contributed by atoms with Crippen LogP contribution in [0.15, 0.2) is 29.4 Å². The van der Waals surface area contributed by atoms with E-state index in [2.05, 4.69) is 9.98 Å². The van der Waals surface area contributed by atoms with E-state index in [0.29, 0.717) is 5.88 Å². The summed E-state index contributed by atoms with van der Waals surface area (Å²) in [6, 6.07) is 5.57. The largest absolute Gasteiger partial charge is 0.470 e. The van der Waals surface area contributed by atoms with Gasteiger partial charge in [0.05, 0.1) is 5.04 Å². The topological polar surface area (TPSA) is 51.6 Å². The van der Waals surface area contributed by atoms with Crippen LogP contribution in [0, 0.1) is 17.8 Å². The molecule has 25 heavy (non-hydrogen) atoms. The first-order valence-corrected chi connectivity index (χ1v) is 10.1. The number of pyridine rings is 1. The molecule has 1 unspecified atom stereocenters. The molecule has 2 fully saturated rings. The van der Waals surface area contributed by atoms with Crippen molar-refractivity contribution in [2.45, 2.75) is 63.2 Å². The van der Waals surface area contributed by atoms with E-state index in [4.69, 9.17) is 4.74 Å². The van der Waals surface area contributed by atoms with Crippen LogP contribution in [0.5, 0.6) is 5.88 Å². The van der Waals surface area contributed by atoms with Crippen LogP contribution in [-0.2, 0) is 4.79 Å². The van der Waals surface area contributed by atoms with Crippen LogP contribution in [0.25, 0.3) is 0 Å². The number of hydrogen-bond acceptors (Lipinski definition) is 4. The molecule has 1 amide bonds. The molecule has 1 aromatic rings. The number of rotatable bonds is 5. The van der Waals surface area contributed by atoms with Gasteiger partial charge in [0.15, 0.2) is 0 Å². The van der Waals surface area contributed by atoms with Crippen LogP contribution in [0.1, 0.15) is 52.9 Å². The number of nitrogens with zero attached hydrogens (tertiary/aromatic N) is 2. The van der Waals surface area contributed by atoms with Gasteiger partial charge in [0.1, 0.15) is 10.3 Å². The number of aromatic nitrogens is 1. The van der Waals surface area contributed by atoms with Crippen LogP contribution in [-0.4, -0.2) is 26.3 Å². The highest BCUT2D eigenvalue weighted by atomic mass is 32.2. The van der Waals surface area contributed by atoms with Gasteiger partial charge in [-0.3, -0.25) is 4.79 Å². The van der Waals surface area contributed by atoms with Crippen molar-refractivity contribution in [3.63, 3.8) is 0 Å². The maximum Gasteiger partial charge on any atom is 0.266 e. The number of fused-ring (bicyclic) bond motifs is 2. The highest BCUT2D eigenvalue weighted by Gasteiger charge is 2.55. The average Bonchev–Trinajstić information content (AvgIpc) is 3.24. The Morgan fingerprint density at radius 3 is 2.80 bits per heavy atom. The van der Waals surface area contributed by atoms with Crippen molar-refractivity contribution < 1.29 is 9.53 Å². The molecule has 0 aromatic carbocycles. The quantitative estimate of drug-likeness (QED) is 0.778. The highest BCUT2D eigenvalue weighted by molar-refractivity contribution is 8.16. The monoisotopic (exact) mass is 358 g/mol. The van der Waals surface area contributed by atoms with Crippen LogP contribution >= 0.6 is 11.8 Å². The summed E-state index contributed by atoms with van der Waals surface area (Å²) in [6.07, 6.45) is 8.15.